The van der Waals surface area contributed by atoms with E-state index in [0.717, 1.165) is 6.42 Å². The third-order valence-corrected chi connectivity index (χ3v) is 12.0. The maximum Gasteiger partial charge on any atom is -0.00836 e. The number of hydrogen-bond acceptors (Lipinski definition) is 0. The average Bonchev–Trinajstić information content (AvgIpc) is 3.54. The largest absolute Gasteiger partial charge is 0.0801 e. The van der Waals surface area contributed by atoms with Gasteiger partial charge in [0, 0.05) is 0 Å². The molecule has 0 fully saturated rings. The van der Waals surface area contributed by atoms with Crippen LogP contribution in [0.15, 0.2) is 47.8 Å². The highest BCUT2D eigenvalue weighted by atomic mass is 31.1. The lowest BCUT2D eigenvalue weighted by molar-refractivity contribution is 0.736. The van der Waals surface area contributed by atoms with E-state index in [2.05, 4.69) is 84.0 Å². The standard InChI is InChI=1S/C41H63P/c1-7-13-21-33-29-31-40(38(27-17-11-5)36(33)25-15-9-3)42(35-23-19-20-24-35)41-32-30-34(22-14-8-2)37(26-16-10-4)39(41)28-18-12-6/h19-20,23,29-32H,7-18,21-22,24-28H2,1-6H3. The van der Waals surface area contributed by atoms with Gasteiger partial charge in [-0.15, -0.1) is 0 Å². The van der Waals surface area contributed by atoms with E-state index < -0.39 is 7.92 Å². The summed E-state index contributed by atoms with van der Waals surface area (Å²) in [6, 6.07) is 10.4. The molecule has 0 bridgehead atoms. The lowest BCUT2D eigenvalue weighted by atomic mass is 9.90. The van der Waals surface area contributed by atoms with Crippen LogP contribution in [0.3, 0.4) is 0 Å². The fraction of sp³-hybridized carbons (Fsp3) is 0.610. The zero-order valence-corrected chi connectivity index (χ0v) is 29.3. The number of rotatable bonds is 21. The molecule has 0 nitrogen and oxygen atoms in total. The third-order valence-electron chi connectivity index (χ3n) is 9.25. The van der Waals surface area contributed by atoms with Gasteiger partial charge in [0.2, 0.25) is 0 Å². The average molecular weight is 587 g/mol. The van der Waals surface area contributed by atoms with Crippen molar-refractivity contribution in [1.29, 1.82) is 0 Å². The highest BCUT2D eigenvalue weighted by molar-refractivity contribution is 7.77. The van der Waals surface area contributed by atoms with Crippen molar-refractivity contribution in [3.05, 3.63) is 81.2 Å². The number of unbranched alkanes of at least 4 members (excludes halogenated alkanes) is 6. The maximum atomic E-state index is 2.62. The molecule has 0 aromatic heterocycles. The number of aryl methyl sites for hydroxylation is 2. The van der Waals surface area contributed by atoms with Crippen LogP contribution >= 0.6 is 7.92 Å². The van der Waals surface area contributed by atoms with Crippen LogP contribution in [0.25, 0.3) is 0 Å². The Kier molecular flexibility index (Phi) is 16.2. The molecule has 1 aliphatic carbocycles. The van der Waals surface area contributed by atoms with Crippen LogP contribution in [0.2, 0.25) is 0 Å². The van der Waals surface area contributed by atoms with Crippen molar-refractivity contribution in [3.8, 4) is 0 Å². The van der Waals surface area contributed by atoms with Gasteiger partial charge in [0.1, 0.15) is 0 Å². The molecule has 2 aromatic carbocycles. The topological polar surface area (TPSA) is 0 Å². The van der Waals surface area contributed by atoms with Gasteiger partial charge in [0.05, 0.1) is 0 Å². The van der Waals surface area contributed by atoms with Crippen molar-refractivity contribution in [2.45, 2.75) is 164 Å². The molecule has 1 heteroatoms. The van der Waals surface area contributed by atoms with Gasteiger partial charge in [-0.05, 0) is 141 Å². The van der Waals surface area contributed by atoms with Crippen LogP contribution in [-0.2, 0) is 38.5 Å². The summed E-state index contributed by atoms with van der Waals surface area (Å²) in [4.78, 5) is 0. The lowest BCUT2D eigenvalue weighted by Crippen LogP contribution is -2.24. The van der Waals surface area contributed by atoms with E-state index >= 15 is 0 Å². The Morgan fingerprint density at radius 1 is 0.476 bits per heavy atom. The Balaban J connectivity index is 2.31. The van der Waals surface area contributed by atoms with E-state index in [9.17, 15) is 0 Å². The molecule has 42 heavy (non-hydrogen) atoms. The molecule has 1 aliphatic rings. The number of allylic oxidation sites excluding steroid dienone is 4. The lowest BCUT2D eigenvalue weighted by Gasteiger charge is -2.30. The first-order valence-electron chi connectivity index (χ1n) is 18.1. The van der Waals surface area contributed by atoms with Gasteiger partial charge in [-0.1, -0.05) is 123 Å². The van der Waals surface area contributed by atoms with Crippen LogP contribution in [0.1, 0.15) is 158 Å². The summed E-state index contributed by atoms with van der Waals surface area (Å²) in [6.45, 7) is 14.2. The van der Waals surface area contributed by atoms with E-state index in [1.54, 1.807) is 49.3 Å². The highest BCUT2D eigenvalue weighted by Gasteiger charge is 2.28. The second-order valence-corrected chi connectivity index (χ2v) is 14.9. The second kappa shape index (κ2) is 19.6. The van der Waals surface area contributed by atoms with E-state index in [4.69, 9.17) is 0 Å². The predicted molar refractivity (Wildman–Crippen MR) is 193 cm³/mol. The fourth-order valence-electron chi connectivity index (χ4n) is 6.72. The molecule has 0 saturated heterocycles. The summed E-state index contributed by atoms with van der Waals surface area (Å²) in [5.74, 6) is 0. The first-order valence-corrected chi connectivity index (χ1v) is 19.4. The monoisotopic (exact) mass is 586 g/mol. The molecule has 232 valence electrons. The minimum absolute atomic E-state index is 0.541. The van der Waals surface area contributed by atoms with E-state index in [1.165, 1.54) is 116 Å². The summed E-state index contributed by atoms with van der Waals surface area (Å²) in [5, 5.41) is 5.06. The number of benzene rings is 2. The van der Waals surface area contributed by atoms with Crippen molar-refractivity contribution >= 4 is 18.5 Å². The summed E-state index contributed by atoms with van der Waals surface area (Å²) < 4.78 is 0. The van der Waals surface area contributed by atoms with Gasteiger partial charge in [0.25, 0.3) is 0 Å². The van der Waals surface area contributed by atoms with Crippen LogP contribution in [0.5, 0.6) is 0 Å². The van der Waals surface area contributed by atoms with Crippen LogP contribution < -0.4 is 10.6 Å². The molecule has 0 heterocycles. The highest BCUT2D eigenvalue weighted by Crippen LogP contribution is 2.49. The molecule has 0 radical (unpaired) electrons. The Morgan fingerprint density at radius 3 is 1.21 bits per heavy atom. The molecule has 0 unspecified atom stereocenters. The molecule has 2 aromatic rings. The van der Waals surface area contributed by atoms with E-state index in [0.29, 0.717) is 0 Å². The Bertz CT molecular complexity index is 1060. The van der Waals surface area contributed by atoms with Crippen molar-refractivity contribution in [2.75, 3.05) is 0 Å². The Hall–Kier alpha value is -1.65. The van der Waals surface area contributed by atoms with E-state index in [-0.39, 0.29) is 0 Å². The first-order chi connectivity index (χ1) is 20.6. The summed E-state index contributed by atoms with van der Waals surface area (Å²) >= 11 is 0. The summed E-state index contributed by atoms with van der Waals surface area (Å²) in [6.07, 6.45) is 31.3. The zero-order valence-electron chi connectivity index (χ0n) is 28.4. The van der Waals surface area contributed by atoms with Crippen LogP contribution in [-0.4, -0.2) is 0 Å². The minimum atomic E-state index is -0.541. The normalized spacial score (nSPS) is 13.0. The first kappa shape index (κ1) is 34.8. The number of hydrogen-bond donors (Lipinski definition) is 0. The molecule has 0 atom stereocenters. The van der Waals surface area contributed by atoms with Gasteiger partial charge in [-0.25, -0.2) is 0 Å². The smallest absolute Gasteiger partial charge is 0.00836 e. The Labute approximate surface area is 262 Å². The third kappa shape index (κ3) is 9.42. The minimum Gasteiger partial charge on any atom is -0.0801 e. The Morgan fingerprint density at radius 2 is 0.857 bits per heavy atom. The maximum absolute atomic E-state index is 2.62. The summed E-state index contributed by atoms with van der Waals surface area (Å²) in [7, 11) is -0.541. The predicted octanol–water partition coefficient (Wildman–Crippen LogP) is 12.0. The zero-order chi connectivity index (χ0) is 30.2. The molecular weight excluding hydrogens is 523 g/mol. The molecular formula is C41H63P. The quantitative estimate of drug-likeness (QED) is 0.128. The molecule has 3 rings (SSSR count). The van der Waals surface area contributed by atoms with Crippen LogP contribution in [0, 0.1) is 0 Å². The second-order valence-electron chi connectivity index (χ2n) is 12.6. The van der Waals surface area contributed by atoms with Crippen molar-refractivity contribution in [1.82, 2.24) is 0 Å². The van der Waals surface area contributed by atoms with Gasteiger partial charge >= 0.3 is 0 Å². The fourth-order valence-corrected chi connectivity index (χ4v) is 9.60. The van der Waals surface area contributed by atoms with Crippen molar-refractivity contribution in [2.24, 2.45) is 0 Å². The SMILES string of the molecule is CCCCc1ccc(P(C2=CC=CC2)c2ccc(CCCC)c(CCCC)c2CCCC)c(CCCC)c1CCCC. The molecule has 0 spiro atoms. The van der Waals surface area contributed by atoms with Gasteiger partial charge < -0.3 is 0 Å². The molecule has 0 aliphatic heterocycles. The van der Waals surface area contributed by atoms with Gasteiger partial charge in [-0.3, -0.25) is 0 Å². The van der Waals surface area contributed by atoms with Crippen molar-refractivity contribution < 1.29 is 0 Å². The summed E-state index contributed by atoms with van der Waals surface area (Å²) in [5.41, 5.74) is 10.2. The molecule has 0 amide bonds. The molecule has 0 N–H and O–H groups in total. The van der Waals surface area contributed by atoms with Crippen LogP contribution in [0.4, 0.5) is 0 Å². The van der Waals surface area contributed by atoms with Gasteiger partial charge in [-0.2, -0.15) is 0 Å². The molecule has 0 saturated carbocycles. The van der Waals surface area contributed by atoms with Crippen molar-refractivity contribution in [3.63, 3.8) is 0 Å². The van der Waals surface area contributed by atoms with E-state index in [1.807, 2.05) is 0 Å². The van der Waals surface area contributed by atoms with Gasteiger partial charge in [0.15, 0.2) is 0 Å².